The van der Waals surface area contributed by atoms with E-state index in [0.29, 0.717) is 5.56 Å². The molecule has 1 amide bonds. The highest BCUT2D eigenvalue weighted by atomic mass is 16.8. The van der Waals surface area contributed by atoms with Crippen LogP contribution < -0.4 is 5.32 Å². The maximum absolute atomic E-state index is 12.4. The van der Waals surface area contributed by atoms with E-state index in [4.69, 9.17) is 47.4 Å². The molecule has 3 aliphatic heterocycles. The molecule has 0 spiro atoms. The zero-order chi connectivity index (χ0) is 33.5. The van der Waals surface area contributed by atoms with Crippen molar-refractivity contribution in [3.05, 3.63) is 35.9 Å². The number of methoxy groups -OCH3 is 1. The van der Waals surface area contributed by atoms with Crippen LogP contribution in [0.5, 0.6) is 0 Å². The SMILES string of the molecule is CO[C@@H]1O[C@@H]2CO[C@H](c3ccccc3)O[C@H]2[C@@H](O[C@H]2O[C@@H](COC(C)=O)[C@H](OC(C)=O)[C@@H](OC(C)=O)[C@@H]2OC(C)=O)[C@@H]1NC(C)=O. The van der Waals surface area contributed by atoms with E-state index < -0.39 is 104 Å². The molecule has 0 unspecified atom stereocenters. The summed E-state index contributed by atoms with van der Waals surface area (Å²) in [7, 11) is 1.38. The number of carbonyl (C=O) groups excluding carboxylic acids is 5. The fourth-order valence-corrected chi connectivity index (χ4v) is 5.56. The zero-order valence-electron chi connectivity index (χ0n) is 26.3. The molecule has 1 aromatic rings. The lowest BCUT2D eigenvalue weighted by atomic mass is 9.94. The topological polar surface area (TPSA) is 190 Å². The fourth-order valence-electron chi connectivity index (χ4n) is 5.56. The smallest absolute Gasteiger partial charge is 0.303 e. The van der Waals surface area contributed by atoms with Gasteiger partial charge in [0, 0.05) is 47.3 Å². The van der Waals surface area contributed by atoms with Crippen LogP contribution in [0.15, 0.2) is 30.3 Å². The molecule has 1 N–H and O–H groups in total. The average molecular weight is 654 g/mol. The van der Waals surface area contributed by atoms with Gasteiger partial charge in [0.25, 0.3) is 0 Å². The van der Waals surface area contributed by atoms with Crippen molar-refractivity contribution in [1.82, 2.24) is 5.32 Å². The number of amides is 1. The Morgan fingerprint density at radius 2 is 1.39 bits per heavy atom. The number of hydrogen-bond donors (Lipinski definition) is 1. The van der Waals surface area contributed by atoms with Crippen LogP contribution in [-0.2, 0) is 71.3 Å². The Bertz CT molecular complexity index is 1240. The van der Waals surface area contributed by atoms with Crippen molar-refractivity contribution in [2.24, 2.45) is 0 Å². The van der Waals surface area contributed by atoms with Crippen molar-refractivity contribution in [2.75, 3.05) is 20.3 Å². The van der Waals surface area contributed by atoms with Gasteiger partial charge >= 0.3 is 23.9 Å². The molecule has 3 saturated heterocycles. The summed E-state index contributed by atoms with van der Waals surface area (Å²) in [5.41, 5.74) is 0.705. The number of ether oxygens (including phenoxy) is 10. The molecule has 3 heterocycles. The van der Waals surface area contributed by atoms with Gasteiger partial charge in [-0.25, -0.2) is 0 Å². The summed E-state index contributed by atoms with van der Waals surface area (Å²) in [6, 6.07) is 8.09. The Kier molecular flexibility index (Phi) is 12.0. The summed E-state index contributed by atoms with van der Waals surface area (Å²) < 4.78 is 58.3. The Morgan fingerprint density at radius 3 is 1.98 bits per heavy atom. The lowest BCUT2D eigenvalue weighted by Crippen LogP contribution is -2.70. The molecule has 46 heavy (non-hydrogen) atoms. The molecule has 4 rings (SSSR count). The molecule has 0 aliphatic carbocycles. The highest BCUT2D eigenvalue weighted by molar-refractivity contribution is 5.73. The molecule has 16 heteroatoms. The maximum Gasteiger partial charge on any atom is 0.303 e. The number of hydrogen-bond acceptors (Lipinski definition) is 15. The molecule has 0 aromatic heterocycles. The summed E-state index contributed by atoms with van der Waals surface area (Å²) in [5.74, 6) is -3.49. The number of benzene rings is 1. The molecule has 0 radical (unpaired) electrons. The van der Waals surface area contributed by atoms with Crippen molar-refractivity contribution >= 4 is 29.8 Å². The minimum Gasteiger partial charge on any atom is -0.463 e. The Hall–Kier alpha value is -3.67. The van der Waals surface area contributed by atoms with Crippen LogP contribution in [0, 0.1) is 0 Å². The van der Waals surface area contributed by atoms with E-state index in [9.17, 15) is 24.0 Å². The second kappa shape index (κ2) is 15.8. The fraction of sp³-hybridized carbons (Fsp3) is 0.633. The Balaban J connectivity index is 1.76. The first kappa shape index (κ1) is 35.2. The molecular weight excluding hydrogens is 614 g/mol. The first-order chi connectivity index (χ1) is 21.9. The first-order valence-electron chi connectivity index (χ1n) is 14.6. The number of carbonyl (C=O) groups is 5. The molecule has 0 bridgehead atoms. The van der Waals surface area contributed by atoms with Crippen molar-refractivity contribution in [3.63, 3.8) is 0 Å². The van der Waals surface area contributed by atoms with E-state index in [2.05, 4.69) is 5.32 Å². The van der Waals surface area contributed by atoms with E-state index >= 15 is 0 Å². The molecule has 11 atom stereocenters. The first-order valence-corrected chi connectivity index (χ1v) is 14.6. The van der Waals surface area contributed by atoms with Crippen molar-refractivity contribution in [3.8, 4) is 0 Å². The molecule has 0 saturated carbocycles. The predicted octanol–water partition coefficient (Wildman–Crippen LogP) is 0.445. The molecular formula is C30H39NO15. The highest BCUT2D eigenvalue weighted by Crippen LogP contribution is 2.38. The Labute approximate surface area is 265 Å². The van der Waals surface area contributed by atoms with Gasteiger partial charge in [0.15, 0.2) is 37.2 Å². The summed E-state index contributed by atoms with van der Waals surface area (Å²) in [5, 5.41) is 2.77. The van der Waals surface area contributed by atoms with Crippen LogP contribution >= 0.6 is 0 Å². The molecule has 3 fully saturated rings. The van der Waals surface area contributed by atoms with Crippen LogP contribution in [-0.4, -0.2) is 111 Å². The molecule has 16 nitrogen and oxygen atoms in total. The third-order valence-electron chi connectivity index (χ3n) is 7.25. The molecule has 254 valence electrons. The van der Waals surface area contributed by atoms with E-state index in [1.807, 2.05) is 30.3 Å². The second-order valence-corrected chi connectivity index (χ2v) is 10.8. The van der Waals surface area contributed by atoms with E-state index in [0.717, 1.165) is 20.8 Å². The monoisotopic (exact) mass is 653 g/mol. The highest BCUT2D eigenvalue weighted by Gasteiger charge is 2.57. The quantitative estimate of drug-likeness (QED) is 0.270. The largest absolute Gasteiger partial charge is 0.463 e. The zero-order valence-corrected chi connectivity index (χ0v) is 26.3. The van der Waals surface area contributed by atoms with Crippen LogP contribution in [0.1, 0.15) is 46.5 Å². The molecule has 3 aliphatic rings. The lowest BCUT2D eigenvalue weighted by molar-refractivity contribution is -0.376. The van der Waals surface area contributed by atoms with Crippen molar-refractivity contribution < 1.29 is 71.3 Å². The number of nitrogens with one attached hydrogen (secondary N) is 1. The van der Waals surface area contributed by atoms with Gasteiger partial charge in [0.1, 0.15) is 37.1 Å². The van der Waals surface area contributed by atoms with Crippen molar-refractivity contribution in [2.45, 2.75) is 102 Å². The van der Waals surface area contributed by atoms with Gasteiger partial charge in [-0.05, 0) is 0 Å². The van der Waals surface area contributed by atoms with E-state index in [1.54, 1.807) is 0 Å². The van der Waals surface area contributed by atoms with Gasteiger partial charge in [-0.1, -0.05) is 30.3 Å². The van der Waals surface area contributed by atoms with Gasteiger partial charge in [-0.2, -0.15) is 0 Å². The van der Waals surface area contributed by atoms with Crippen LogP contribution in [0.2, 0.25) is 0 Å². The maximum atomic E-state index is 12.4. The number of esters is 4. The third kappa shape index (κ3) is 8.77. The van der Waals surface area contributed by atoms with Crippen LogP contribution in [0.25, 0.3) is 0 Å². The third-order valence-corrected chi connectivity index (χ3v) is 7.25. The van der Waals surface area contributed by atoms with Gasteiger partial charge < -0.3 is 52.7 Å². The van der Waals surface area contributed by atoms with Crippen LogP contribution in [0.3, 0.4) is 0 Å². The van der Waals surface area contributed by atoms with Gasteiger partial charge in [-0.15, -0.1) is 0 Å². The van der Waals surface area contributed by atoms with E-state index in [-0.39, 0.29) is 6.61 Å². The minimum absolute atomic E-state index is 0.0509. The normalized spacial score (nSPS) is 33.9. The van der Waals surface area contributed by atoms with Gasteiger partial charge in [0.2, 0.25) is 5.91 Å². The summed E-state index contributed by atoms with van der Waals surface area (Å²) in [4.78, 5) is 60.9. The van der Waals surface area contributed by atoms with Gasteiger partial charge in [-0.3, -0.25) is 24.0 Å². The number of rotatable bonds is 10. The summed E-state index contributed by atoms with van der Waals surface area (Å²) in [6.45, 7) is 5.41. The number of fused-ring (bicyclic) bond motifs is 1. The summed E-state index contributed by atoms with van der Waals surface area (Å²) >= 11 is 0. The summed E-state index contributed by atoms with van der Waals surface area (Å²) in [6.07, 6.45) is -11.9. The standard InChI is InChI=1S/C30H39NO15/c1-14(32)31-22-25(23-21(43-29(22)37-6)13-39-28(45-23)19-10-8-7-9-11-19)46-30-27(42-18(5)36)26(41-17(4)35)24(40-16(3)34)20(44-30)12-38-15(2)33/h7-11,20-30H,12-13H2,1-6H3,(H,31,32)/t20-,21+,22-,23+,24-,25-,26+,27-,28-,29+,30+/m0/s1. The predicted molar refractivity (Wildman–Crippen MR) is 150 cm³/mol. The Morgan fingerprint density at radius 1 is 0.761 bits per heavy atom. The van der Waals surface area contributed by atoms with Gasteiger partial charge in [0.05, 0.1) is 6.61 Å². The minimum atomic E-state index is -1.56. The lowest BCUT2D eigenvalue weighted by Gasteiger charge is -2.51. The van der Waals surface area contributed by atoms with Crippen molar-refractivity contribution in [1.29, 1.82) is 0 Å². The average Bonchev–Trinajstić information content (AvgIpc) is 2.99. The van der Waals surface area contributed by atoms with E-state index in [1.165, 1.54) is 21.0 Å². The molecule has 1 aromatic carbocycles. The van der Waals surface area contributed by atoms with Crippen LogP contribution in [0.4, 0.5) is 0 Å². The second-order valence-electron chi connectivity index (χ2n) is 10.8.